The van der Waals surface area contributed by atoms with Gasteiger partial charge in [-0.25, -0.2) is 4.98 Å². The van der Waals surface area contributed by atoms with Crippen LogP contribution in [0.3, 0.4) is 0 Å². The summed E-state index contributed by atoms with van der Waals surface area (Å²) < 4.78 is 0. The summed E-state index contributed by atoms with van der Waals surface area (Å²) in [6, 6.07) is 16.3. The molecular formula is C22H25N3. The summed E-state index contributed by atoms with van der Waals surface area (Å²) in [6.07, 6.45) is 2.90. The van der Waals surface area contributed by atoms with Crippen molar-refractivity contribution in [1.29, 1.82) is 0 Å². The standard InChI is InChI=1S/C11H12N2.C11H13N/c1-8(2)11-7-12-9-5-3-4-6-10(9)13-11;1-8(2)11-7-9-5-3-4-6-10(9)12-11/h3-8H,1-2H3;3-6,8H,7H2,1-2H3. The van der Waals surface area contributed by atoms with Gasteiger partial charge in [0.15, 0.2) is 0 Å². The zero-order chi connectivity index (χ0) is 17.8. The smallest absolute Gasteiger partial charge is 0.0890 e. The molecule has 3 aromatic rings. The molecule has 0 aliphatic carbocycles. The van der Waals surface area contributed by atoms with Crippen LogP contribution >= 0.6 is 0 Å². The quantitative estimate of drug-likeness (QED) is 0.602. The fourth-order valence-corrected chi connectivity index (χ4v) is 2.74. The molecule has 0 saturated carbocycles. The molecule has 0 bridgehead atoms. The molecule has 2 aromatic carbocycles. The highest BCUT2D eigenvalue weighted by atomic mass is 14.8. The SMILES string of the molecule is CC(C)C1=Nc2ccccc2C1.CC(C)c1cnc2ccccc2n1. The van der Waals surface area contributed by atoms with E-state index in [4.69, 9.17) is 0 Å². The molecule has 1 aliphatic heterocycles. The van der Waals surface area contributed by atoms with Crippen LogP contribution in [0.25, 0.3) is 11.0 Å². The number of hydrogen-bond acceptors (Lipinski definition) is 3. The molecule has 0 saturated heterocycles. The summed E-state index contributed by atoms with van der Waals surface area (Å²) in [4.78, 5) is 13.4. The first kappa shape index (κ1) is 17.3. The van der Waals surface area contributed by atoms with E-state index in [0.717, 1.165) is 23.1 Å². The molecule has 0 amide bonds. The summed E-state index contributed by atoms with van der Waals surface area (Å²) in [5.74, 6) is 1.02. The van der Waals surface area contributed by atoms with E-state index in [9.17, 15) is 0 Å². The molecule has 0 N–H and O–H groups in total. The highest BCUT2D eigenvalue weighted by Gasteiger charge is 2.15. The maximum Gasteiger partial charge on any atom is 0.0890 e. The van der Waals surface area contributed by atoms with Crippen LogP contribution in [0.2, 0.25) is 0 Å². The number of benzene rings is 2. The Hall–Kier alpha value is -2.55. The van der Waals surface area contributed by atoms with Gasteiger partial charge in [-0.15, -0.1) is 0 Å². The zero-order valence-electron chi connectivity index (χ0n) is 15.4. The van der Waals surface area contributed by atoms with Gasteiger partial charge in [0.1, 0.15) is 0 Å². The highest BCUT2D eigenvalue weighted by Crippen LogP contribution is 2.27. The second-order valence-electron chi connectivity index (χ2n) is 7.00. The molecule has 1 aromatic heterocycles. The molecule has 3 nitrogen and oxygen atoms in total. The number of aromatic nitrogens is 2. The predicted molar refractivity (Wildman–Crippen MR) is 106 cm³/mol. The normalized spacial score (nSPS) is 12.8. The van der Waals surface area contributed by atoms with Gasteiger partial charge in [-0.05, 0) is 35.6 Å². The molecule has 1 aliphatic rings. The molecule has 2 heterocycles. The van der Waals surface area contributed by atoms with Crippen LogP contribution < -0.4 is 0 Å². The lowest BCUT2D eigenvalue weighted by molar-refractivity contribution is 0.822. The third-order valence-electron chi connectivity index (χ3n) is 4.35. The van der Waals surface area contributed by atoms with Crippen molar-refractivity contribution in [3.63, 3.8) is 0 Å². The van der Waals surface area contributed by atoms with Crippen molar-refractivity contribution < 1.29 is 0 Å². The van der Waals surface area contributed by atoms with Gasteiger partial charge >= 0.3 is 0 Å². The van der Waals surface area contributed by atoms with E-state index in [1.54, 1.807) is 0 Å². The largest absolute Gasteiger partial charge is 0.257 e. The molecular weight excluding hydrogens is 306 g/mol. The zero-order valence-corrected chi connectivity index (χ0v) is 15.4. The number of aliphatic imine (C=N–C) groups is 1. The summed E-state index contributed by atoms with van der Waals surface area (Å²) in [5, 5.41) is 0. The second kappa shape index (κ2) is 7.56. The third-order valence-corrected chi connectivity index (χ3v) is 4.35. The van der Waals surface area contributed by atoms with E-state index in [1.165, 1.54) is 17.0 Å². The van der Waals surface area contributed by atoms with Crippen molar-refractivity contribution in [3.05, 3.63) is 66.0 Å². The van der Waals surface area contributed by atoms with Gasteiger partial charge in [0, 0.05) is 18.3 Å². The fraction of sp³-hybridized carbons (Fsp3) is 0.318. The number of hydrogen-bond donors (Lipinski definition) is 0. The van der Waals surface area contributed by atoms with E-state index in [-0.39, 0.29) is 0 Å². The van der Waals surface area contributed by atoms with Gasteiger partial charge in [0.05, 0.1) is 22.4 Å². The molecule has 0 unspecified atom stereocenters. The maximum atomic E-state index is 4.57. The van der Waals surface area contributed by atoms with Gasteiger partial charge < -0.3 is 0 Å². The van der Waals surface area contributed by atoms with Gasteiger partial charge in [0.25, 0.3) is 0 Å². The summed E-state index contributed by atoms with van der Waals surface area (Å²) in [5.41, 5.74) is 6.86. The van der Waals surface area contributed by atoms with Gasteiger partial charge in [-0.3, -0.25) is 9.98 Å². The molecule has 4 rings (SSSR count). The van der Waals surface area contributed by atoms with Crippen LogP contribution in [-0.2, 0) is 6.42 Å². The minimum Gasteiger partial charge on any atom is -0.257 e. The molecule has 0 radical (unpaired) electrons. The predicted octanol–water partition coefficient (Wildman–Crippen LogP) is 5.72. The van der Waals surface area contributed by atoms with Crippen molar-refractivity contribution in [2.24, 2.45) is 10.9 Å². The third kappa shape index (κ3) is 4.11. The monoisotopic (exact) mass is 331 g/mol. The molecule has 0 fully saturated rings. The number of rotatable bonds is 2. The lowest BCUT2D eigenvalue weighted by Crippen LogP contribution is -2.06. The van der Waals surface area contributed by atoms with E-state index in [0.29, 0.717) is 11.8 Å². The van der Waals surface area contributed by atoms with Gasteiger partial charge in [-0.2, -0.15) is 0 Å². The highest BCUT2D eigenvalue weighted by molar-refractivity contribution is 5.95. The summed E-state index contributed by atoms with van der Waals surface area (Å²) >= 11 is 0. The van der Waals surface area contributed by atoms with Crippen molar-refractivity contribution in [3.8, 4) is 0 Å². The van der Waals surface area contributed by atoms with Crippen molar-refractivity contribution >= 4 is 22.4 Å². The molecule has 0 spiro atoms. The molecule has 3 heteroatoms. The van der Waals surface area contributed by atoms with Crippen molar-refractivity contribution in [2.45, 2.75) is 40.0 Å². The maximum absolute atomic E-state index is 4.57. The lowest BCUT2D eigenvalue weighted by atomic mass is 10.0. The first-order valence-electron chi connectivity index (χ1n) is 8.91. The Morgan fingerprint density at radius 3 is 2.16 bits per heavy atom. The Labute approximate surface area is 149 Å². The van der Waals surface area contributed by atoms with Gasteiger partial charge in [0.2, 0.25) is 0 Å². The topological polar surface area (TPSA) is 38.1 Å². The molecule has 128 valence electrons. The van der Waals surface area contributed by atoms with Crippen molar-refractivity contribution in [2.75, 3.05) is 0 Å². The molecule has 25 heavy (non-hydrogen) atoms. The van der Waals surface area contributed by atoms with Gasteiger partial charge in [-0.1, -0.05) is 58.0 Å². The average Bonchev–Trinajstić information content (AvgIpc) is 3.06. The Morgan fingerprint density at radius 1 is 0.800 bits per heavy atom. The second-order valence-corrected chi connectivity index (χ2v) is 7.00. The Bertz CT molecular complexity index is 894. The minimum absolute atomic E-state index is 0.442. The summed E-state index contributed by atoms with van der Waals surface area (Å²) in [6.45, 7) is 8.65. The van der Waals surface area contributed by atoms with E-state index < -0.39 is 0 Å². The van der Waals surface area contributed by atoms with Crippen LogP contribution in [0.1, 0.15) is 44.9 Å². The minimum atomic E-state index is 0.442. The first-order chi connectivity index (χ1) is 12.0. The lowest BCUT2D eigenvalue weighted by Gasteiger charge is -2.04. The van der Waals surface area contributed by atoms with Crippen molar-refractivity contribution in [1.82, 2.24) is 9.97 Å². The Balaban J connectivity index is 0.000000146. The number of nitrogens with zero attached hydrogens (tertiary/aromatic N) is 3. The number of fused-ring (bicyclic) bond motifs is 2. The Kier molecular flexibility index (Phi) is 5.22. The van der Waals surface area contributed by atoms with Crippen LogP contribution in [0.15, 0.2) is 59.7 Å². The Morgan fingerprint density at radius 2 is 1.48 bits per heavy atom. The van der Waals surface area contributed by atoms with E-state index in [2.05, 4.69) is 60.9 Å². The van der Waals surface area contributed by atoms with E-state index in [1.807, 2.05) is 36.5 Å². The summed E-state index contributed by atoms with van der Waals surface area (Å²) in [7, 11) is 0. The first-order valence-corrected chi connectivity index (χ1v) is 8.91. The number of para-hydroxylation sites is 3. The average molecular weight is 331 g/mol. The van der Waals surface area contributed by atoms with Crippen LogP contribution in [0.4, 0.5) is 5.69 Å². The van der Waals surface area contributed by atoms with Crippen LogP contribution in [-0.4, -0.2) is 15.7 Å². The van der Waals surface area contributed by atoms with Crippen LogP contribution in [0.5, 0.6) is 0 Å². The van der Waals surface area contributed by atoms with E-state index >= 15 is 0 Å². The molecule has 0 atom stereocenters. The fourth-order valence-electron chi connectivity index (χ4n) is 2.74. The van der Waals surface area contributed by atoms with Crippen LogP contribution in [0, 0.1) is 5.92 Å².